The maximum Gasteiger partial charge on any atom is 0.269 e. The van der Waals surface area contributed by atoms with Crippen LogP contribution >= 0.6 is 0 Å². The summed E-state index contributed by atoms with van der Waals surface area (Å²) in [5.74, 6) is -0.590. The standard InChI is InChI=1S/C14H9FN2O3/c15-13-7-11(8-16)3-6-14(13)20-9-10-1-4-12(5-2-10)17(18)19/h1-7H,9H2. The van der Waals surface area contributed by atoms with Crippen LogP contribution in [-0.2, 0) is 6.61 Å². The predicted molar refractivity (Wildman–Crippen MR) is 68.5 cm³/mol. The number of hydrogen-bond acceptors (Lipinski definition) is 4. The Morgan fingerprint density at radius 3 is 2.50 bits per heavy atom. The maximum absolute atomic E-state index is 13.5. The van der Waals surface area contributed by atoms with Gasteiger partial charge in [0, 0.05) is 12.1 Å². The first-order chi connectivity index (χ1) is 9.60. The van der Waals surface area contributed by atoms with Gasteiger partial charge in [0.05, 0.1) is 16.6 Å². The average molecular weight is 272 g/mol. The quantitative estimate of drug-likeness (QED) is 0.632. The van der Waals surface area contributed by atoms with E-state index in [2.05, 4.69) is 0 Å². The van der Waals surface area contributed by atoms with E-state index in [4.69, 9.17) is 10.00 Å². The fourth-order valence-electron chi connectivity index (χ4n) is 1.56. The van der Waals surface area contributed by atoms with E-state index in [0.717, 1.165) is 6.07 Å². The molecule has 0 aliphatic rings. The van der Waals surface area contributed by atoms with Gasteiger partial charge in [-0.05, 0) is 35.9 Å². The van der Waals surface area contributed by atoms with Gasteiger partial charge in [-0.3, -0.25) is 10.1 Å². The lowest BCUT2D eigenvalue weighted by atomic mass is 10.2. The van der Waals surface area contributed by atoms with E-state index >= 15 is 0 Å². The van der Waals surface area contributed by atoms with Crippen LogP contribution in [0.5, 0.6) is 5.75 Å². The minimum Gasteiger partial charge on any atom is -0.486 e. The van der Waals surface area contributed by atoms with Crippen LogP contribution in [0.25, 0.3) is 0 Å². The lowest BCUT2D eigenvalue weighted by Crippen LogP contribution is -1.98. The SMILES string of the molecule is N#Cc1ccc(OCc2ccc([N+](=O)[O-])cc2)c(F)c1. The molecule has 0 amide bonds. The van der Waals surface area contributed by atoms with E-state index in [1.54, 1.807) is 12.1 Å². The number of non-ortho nitro benzene ring substituents is 1. The number of nitrogens with zero attached hydrogens (tertiary/aromatic N) is 2. The second kappa shape index (κ2) is 5.80. The molecule has 100 valence electrons. The van der Waals surface area contributed by atoms with Crippen LogP contribution in [0, 0.1) is 27.3 Å². The van der Waals surface area contributed by atoms with Crippen molar-refractivity contribution >= 4 is 5.69 Å². The van der Waals surface area contributed by atoms with Crippen molar-refractivity contribution < 1.29 is 14.1 Å². The number of ether oxygens (including phenoxy) is 1. The first-order valence-corrected chi connectivity index (χ1v) is 5.66. The van der Waals surface area contributed by atoms with E-state index in [9.17, 15) is 14.5 Å². The fraction of sp³-hybridized carbons (Fsp3) is 0.0714. The van der Waals surface area contributed by atoms with Gasteiger partial charge in [-0.1, -0.05) is 0 Å². The maximum atomic E-state index is 13.5. The zero-order chi connectivity index (χ0) is 14.5. The van der Waals surface area contributed by atoms with Crippen molar-refractivity contribution in [3.8, 4) is 11.8 Å². The van der Waals surface area contributed by atoms with Gasteiger partial charge in [-0.15, -0.1) is 0 Å². The van der Waals surface area contributed by atoms with Crippen LogP contribution in [0.1, 0.15) is 11.1 Å². The van der Waals surface area contributed by atoms with E-state index in [1.165, 1.54) is 24.3 Å². The van der Waals surface area contributed by atoms with Crippen molar-refractivity contribution in [2.75, 3.05) is 0 Å². The highest BCUT2D eigenvalue weighted by Crippen LogP contribution is 2.20. The number of nitro groups is 1. The molecular formula is C14H9FN2O3. The molecule has 0 aromatic heterocycles. The molecule has 0 unspecified atom stereocenters. The Hall–Kier alpha value is -2.94. The summed E-state index contributed by atoms with van der Waals surface area (Å²) in [4.78, 5) is 10.00. The van der Waals surface area contributed by atoms with Crippen molar-refractivity contribution in [1.82, 2.24) is 0 Å². The summed E-state index contributed by atoms with van der Waals surface area (Å²) in [6.07, 6.45) is 0. The molecule has 0 fully saturated rings. The predicted octanol–water partition coefficient (Wildman–Crippen LogP) is 3.18. The van der Waals surface area contributed by atoms with Crippen LogP contribution in [0.2, 0.25) is 0 Å². The van der Waals surface area contributed by atoms with Gasteiger partial charge < -0.3 is 4.74 Å². The van der Waals surface area contributed by atoms with Gasteiger partial charge in [0.25, 0.3) is 5.69 Å². The zero-order valence-electron chi connectivity index (χ0n) is 10.2. The number of nitro benzene ring substituents is 1. The lowest BCUT2D eigenvalue weighted by Gasteiger charge is -2.07. The molecule has 0 saturated carbocycles. The summed E-state index contributed by atoms with van der Waals surface area (Å²) in [7, 11) is 0. The normalized spacial score (nSPS) is 9.80. The molecule has 20 heavy (non-hydrogen) atoms. The molecule has 2 aromatic carbocycles. The third-order valence-corrected chi connectivity index (χ3v) is 2.60. The van der Waals surface area contributed by atoms with Crippen LogP contribution in [-0.4, -0.2) is 4.92 Å². The molecule has 2 rings (SSSR count). The van der Waals surface area contributed by atoms with Gasteiger partial charge in [0.1, 0.15) is 6.61 Å². The van der Waals surface area contributed by atoms with Crippen LogP contribution in [0.4, 0.5) is 10.1 Å². The minimum absolute atomic E-state index is 0.0155. The molecular weight excluding hydrogens is 263 g/mol. The van der Waals surface area contributed by atoms with Crippen molar-refractivity contribution in [3.63, 3.8) is 0 Å². The molecule has 0 spiro atoms. The van der Waals surface area contributed by atoms with Gasteiger partial charge >= 0.3 is 0 Å². The Morgan fingerprint density at radius 2 is 1.95 bits per heavy atom. The highest BCUT2D eigenvalue weighted by atomic mass is 19.1. The molecule has 0 radical (unpaired) electrons. The second-order valence-corrected chi connectivity index (χ2v) is 3.97. The highest BCUT2D eigenvalue weighted by Gasteiger charge is 2.07. The van der Waals surface area contributed by atoms with Gasteiger partial charge in [-0.25, -0.2) is 4.39 Å². The van der Waals surface area contributed by atoms with Crippen molar-refractivity contribution in [2.24, 2.45) is 0 Å². The van der Waals surface area contributed by atoms with E-state index < -0.39 is 10.7 Å². The summed E-state index contributed by atoms with van der Waals surface area (Å²) in [6.45, 7) is 0.0841. The first kappa shape index (κ1) is 13.5. The second-order valence-electron chi connectivity index (χ2n) is 3.97. The molecule has 0 bridgehead atoms. The summed E-state index contributed by atoms with van der Waals surface area (Å²) < 4.78 is 18.8. The summed E-state index contributed by atoms with van der Waals surface area (Å²) >= 11 is 0. The molecule has 0 aliphatic carbocycles. The largest absolute Gasteiger partial charge is 0.486 e. The number of nitriles is 1. The van der Waals surface area contributed by atoms with Crippen LogP contribution < -0.4 is 4.74 Å². The van der Waals surface area contributed by atoms with Crippen LogP contribution in [0.15, 0.2) is 42.5 Å². The van der Waals surface area contributed by atoms with E-state index in [0.29, 0.717) is 5.56 Å². The molecule has 0 heterocycles. The van der Waals surface area contributed by atoms with E-state index in [-0.39, 0.29) is 23.6 Å². The Kier molecular flexibility index (Phi) is 3.91. The average Bonchev–Trinajstić information content (AvgIpc) is 2.46. The van der Waals surface area contributed by atoms with Gasteiger partial charge in [0.2, 0.25) is 0 Å². The Balaban J connectivity index is 2.05. The van der Waals surface area contributed by atoms with Gasteiger partial charge in [0.15, 0.2) is 11.6 Å². The monoisotopic (exact) mass is 272 g/mol. The third kappa shape index (κ3) is 3.09. The topological polar surface area (TPSA) is 76.2 Å². The minimum atomic E-state index is -0.619. The molecule has 0 aliphatic heterocycles. The van der Waals surface area contributed by atoms with Crippen molar-refractivity contribution in [1.29, 1.82) is 5.26 Å². The number of benzene rings is 2. The summed E-state index contributed by atoms with van der Waals surface area (Å²) in [5, 5.41) is 19.1. The zero-order valence-corrected chi connectivity index (χ0v) is 10.2. The third-order valence-electron chi connectivity index (χ3n) is 2.60. The highest BCUT2D eigenvalue weighted by molar-refractivity contribution is 5.36. The first-order valence-electron chi connectivity index (χ1n) is 5.66. The molecule has 0 saturated heterocycles. The Morgan fingerprint density at radius 1 is 1.25 bits per heavy atom. The molecule has 6 heteroatoms. The smallest absolute Gasteiger partial charge is 0.269 e. The van der Waals surface area contributed by atoms with E-state index in [1.807, 2.05) is 6.07 Å². The molecule has 0 atom stereocenters. The van der Waals surface area contributed by atoms with Crippen molar-refractivity contribution in [2.45, 2.75) is 6.61 Å². The summed E-state index contributed by atoms with van der Waals surface area (Å²) in [5.41, 5.74) is 0.878. The lowest BCUT2D eigenvalue weighted by molar-refractivity contribution is -0.384. The molecule has 2 aromatic rings. The Bertz CT molecular complexity index is 678. The van der Waals surface area contributed by atoms with Crippen molar-refractivity contribution in [3.05, 3.63) is 69.5 Å². The number of hydrogen-bond donors (Lipinski definition) is 0. The fourth-order valence-corrected chi connectivity index (χ4v) is 1.56. The van der Waals surface area contributed by atoms with Gasteiger partial charge in [-0.2, -0.15) is 5.26 Å². The molecule has 0 N–H and O–H groups in total. The number of halogens is 1. The Labute approximate surface area is 114 Å². The van der Waals surface area contributed by atoms with Crippen LogP contribution in [0.3, 0.4) is 0 Å². The molecule has 5 nitrogen and oxygen atoms in total. The summed E-state index contributed by atoms with van der Waals surface area (Å²) in [6, 6.07) is 11.5. The number of rotatable bonds is 4.